The molecule has 1 atom stereocenters. The fourth-order valence-electron chi connectivity index (χ4n) is 2.35. The van der Waals surface area contributed by atoms with Crippen LogP contribution in [0.3, 0.4) is 0 Å². The maximum atomic E-state index is 9.29. The van der Waals surface area contributed by atoms with Crippen molar-refractivity contribution in [2.24, 2.45) is 0 Å². The summed E-state index contributed by atoms with van der Waals surface area (Å²) in [5.74, 6) is 1.02. The van der Waals surface area contributed by atoms with Crippen molar-refractivity contribution in [2.45, 2.75) is 19.9 Å². The first-order chi connectivity index (χ1) is 12.5. The van der Waals surface area contributed by atoms with Crippen LogP contribution in [0.25, 0.3) is 11.4 Å². The number of halogens is 1. The predicted octanol–water partition coefficient (Wildman–Crippen LogP) is 4.04. The number of nitrogens with zero attached hydrogens (tertiary/aromatic N) is 3. The Morgan fingerprint density at radius 1 is 1.12 bits per heavy atom. The molecule has 0 unspecified atom stereocenters. The lowest BCUT2D eigenvalue weighted by molar-refractivity contribution is 0.281. The van der Waals surface area contributed by atoms with Gasteiger partial charge in [-0.1, -0.05) is 23.7 Å². The van der Waals surface area contributed by atoms with E-state index in [1.807, 2.05) is 56.3 Å². The lowest BCUT2D eigenvalue weighted by Crippen LogP contribution is -2.21. The van der Waals surface area contributed by atoms with Crippen LogP contribution in [-0.2, 0) is 0 Å². The van der Waals surface area contributed by atoms with Crippen LogP contribution in [0.1, 0.15) is 12.5 Å². The summed E-state index contributed by atoms with van der Waals surface area (Å²) in [5, 5.41) is 16.3. The standard InChI is InChI=1S/C19H20ClN5O/c1-12-6-7-14(20)9-16(12)23-18-10-17(15-5-3-4-8-21-15)24-19(25-18)22-13(2)11-26/h3-10,13,26H,11H2,1-2H3,(H2,22,23,24,25)/t13-/m1/s1. The number of aliphatic hydroxyl groups is 1. The summed E-state index contributed by atoms with van der Waals surface area (Å²) >= 11 is 6.11. The van der Waals surface area contributed by atoms with Gasteiger partial charge < -0.3 is 15.7 Å². The third-order valence-corrected chi connectivity index (χ3v) is 4.00. The second kappa shape index (κ2) is 8.12. The highest BCUT2D eigenvalue weighted by Gasteiger charge is 2.11. The first-order valence-electron chi connectivity index (χ1n) is 8.26. The van der Waals surface area contributed by atoms with E-state index in [1.54, 1.807) is 6.20 Å². The van der Waals surface area contributed by atoms with Gasteiger partial charge in [-0.3, -0.25) is 4.98 Å². The highest BCUT2D eigenvalue weighted by atomic mass is 35.5. The molecule has 2 heterocycles. The minimum atomic E-state index is -0.172. The first kappa shape index (κ1) is 18.1. The molecule has 0 aliphatic carbocycles. The number of rotatable bonds is 6. The van der Waals surface area contributed by atoms with E-state index in [1.165, 1.54) is 0 Å². The average Bonchev–Trinajstić information content (AvgIpc) is 2.65. The smallest absolute Gasteiger partial charge is 0.225 e. The van der Waals surface area contributed by atoms with Crippen LogP contribution in [0.15, 0.2) is 48.7 Å². The lowest BCUT2D eigenvalue weighted by Gasteiger charge is -2.15. The number of aromatic nitrogens is 3. The summed E-state index contributed by atoms with van der Waals surface area (Å²) in [5.41, 5.74) is 3.32. The highest BCUT2D eigenvalue weighted by molar-refractivity contribution is 6.30. The molecular weight excluding hydrogens is 350 g/mol. The zero-order valence-electron chi connectivity index (χ0n) is 14.6. The first-order valence-corrected chi connectivity index (χ1v) is 8.64. The maximum Gasteiger partial charge on any atom is 0.225 e. The minimum absolute atomic E-state index is 0.0205. The zero-order chi connectivity index (χ0) is 18.5. The van der Waals surface area contributed by atoms with Crippen LogP contribution in [0, 0.1) is 6.92 Å². The van der Waals surface area contributed by atoms with Crippen molar-refractivity contribution >= 4 is 29.1 Å². The van der Waals surface area contributed by atoms with Crippen LogP contribution >= 0.6 is 11.6 Å². The highest BCUT2D eigenvalue weighted by Crippen LogP contribution is 2.26. The summed E-state index contributed by atoms with van der Waals surface area (Å²) in [6, 6.07) is 12.9. The van der Waals surface area contributed by atoms with E-state index in [0.29, 0.717) is 22.5 Å². The third kappa shape index (κ3) is 4.47. The number of aryl methyl sites for hydroxylation is 1. The summed E-state index contributed by atoms with van der Waals surface area (Å²) < 4.78 is 0. The van der Waals surface area contributed by atoms with Crippen molar-refractivity contribution in [1.29, 1.82) is 0 Å². The molecular formula is C19H20ClN5O. The molecule has 134 valence electrons. The maximum absolute atomic E-state index is 9.29. The van der Waals surface area contributed by atoms with Crippen LogP contribution in [0.5, 0.6) is 0 Å². The Labute approximate surface area is 157 Å². The fraction of sp³-hybridized carbons (Fsp3) is 0.211. The van der Waals surface area contributed by atoms with E-state index in [-0.39, 0.29) is 12.6 Å². The predicted molar refractivity (Wildman–Crippen MR) is 105 cm³/mol. The minimum Gasteiger partial charge on any atom is -0.394 e. The molecule has 0 amide bonds. The summed E-state index contributed by atoms with van der Waals surface area (Å²) in [4.78, 5) is 13.4. The molecule has 3 rings (SSSR count). The Balaban J connectivity index is 2.00. The Morgan fingerprint density at radius 2 is 1.96 bits per heavy atom. The van der Waals surface area contributed by atoms with Gasteiger partial charge in [0.1, 0.15) is 5.82 Å². The second-order valence-electron chi connectivity index (χ2n) is 5.99. The van der Waals surface area contributed by atoms with E-state index in [2.05, 4.69) is 25.6 Å². The molecule has 26 heavy (non-hydrogen) atoms. The molecule has 1 aromatic carbocycles. The van der Waals surface area contributed by atoms with Gasteiger partial charge in [-0.15, -0.1) is 0 Å². The summed E-state index contributed by atoms with van der Waals surface area (Å²) in [7, 11) is 0. The van der Waals surface area contributed by atoms with Crippen molar-refractivity contribution in [3.8, 4) is 11.4 Å². The number of aliphatic hydroxyl groups excluding tert-OH is 1. The number of hydrogen-bond acceptors (Lipinski definition) is 6. The van der Waals surface area contributed by atoms with Crippen LogP contribution in [-0.4, -0.2) is 32.7 Å². The molecule has 0 radical (unpaired) electrons. The van der Waals surface area contributed by atoms with Crippen LogP contribution in [0.2, 0.25) is 5.02 Å². The average molecular weight is 370 g/mol. The third-order valence-electron chi connectivity index (χ3n) is 3.77. The Morgan fingerprint density at radius 3 is 2.69 bits per heavy atom. The van der Waals surface area contributed by atoms with Gasteiger partial charge in [0.15, 0.2) is 0 Å². The molecule has 3 N–H and O–H groups in total. The number of pyridine rings is 1. The van der Waals surface area contributed by atoms with Gasteiger partial charge >= 0.3 is 0 Å². The van der Waals surface area contributed by atoms with E-state index in [9.17, 15) is 5.11 Å². The SMILES string of the molecule is Cc1ccc(Cl)cc1Nc1cc(-c2ccccn2)nc(N[C@H](C)CO)n1. The zero-order valence-corrected chi connectivity index (χ0v) is 15.3. The fourth-order valence-corrected chi connectivity index (χ4v) is 2.53. The van der Waals surface area contributed by atoms with Gasteiger partial charge in [0.25, 0.3) is 0 Å². The van der Waals surface area contributed by atoms with Crippen molar-refractivity contribution in [1.82, 2.24) is 15.0 Å². The van der Waals surface area contributed by atoms with Crippen molar-refractivity contribution in [2.75, 3.05) is 17.2 Å². The molecule has 0 saturated carbocycles. The van der Waals surface area contributed by atoms with Crippen molar-refractivity contribution in [3.63, 3.8) is 0 Å². The Bertz CT molecular complexity index is 888. The van der Waals surface area contributed by atoms with Crippen molar-refractivity contribution in [3.05, 3.63) is 59.2 Å². The number of anilines is 3. The molecule has 0 saturated heterocycles. The van der Waals surface area contributed by atoms with Gasteiger partial charge in [0, 0.05) is 29.0 Å². The molecule has 7 heteroatoms. The topological polar surface area (TPSA) is 83.0 Å². The van der Waals surface area contributed by atoms with Crippen LogP contribution < -0.4 is 10.6 Å². The lowest BCUT2D eigenvalue weighted by atomic mass is 10.2. The second-order valence-corrected chi connectivity index (χ2v) is 6.43. The van der Waals surface area contributed by atoms with E-state index in [4.69, 9.17) is 11.6 Å². The largest absolute Gasteiger partial charge is 0.394 e. The monoisotopic (exact) mass is 369 g/mol. The van der Waals surface area contributed by atoms with E-state index < -0.39 is 0 Å². The van der Waals surface area contributed by atoms with E-state index >= 15 is 0 Å². The Hall–Kier alpha value is -2.70. The normalized spacial score (nSPS) is 11.8. The molecule has 0 bridgehead atoms. The van der Waals surface area contributed by atoms with Gasteiger partial charge in [-0.05, 0) is 43.7 Å². The van der Waals surface area contributed by atoms with Crippen molar-refractivity contribution < 1.29 is 5.11 Å². The summed E-state index contributed by atoms with van der Waals surface area (Å²) in [6.07, 6.45) is 1.72. The Kier molecular flexibility index (Phi) is 5.65. The molecule has 0 aliphatic rings. The molecule has 0 fully saturated rings. The summed E-state index contributed by atoms with van der Waals surface area (Å²) in [6.45, 7) is 3.82. The van der Waals surface area contributed by atoms with Gasteiger partial charge in [-0.2, -0.15) is 4.98 Å². The van der Waals surface area contributed by atoms with Crippen LogP contribution in [0.4, 0.5) is 17.5 Å². The molecule has 0 aliphatic heterocycles. The van der Waals surface area contributed by atoms with E-state index in [0.717, 1.165) is 16.9 Å². The molecule has 6 nitrogen and oxygen atoms in total. The number of nitrogens with one attached hydrogen (secondary N) is 2. The number of benzene rings is 1. The molecule has 2 aromatic heterocycles. The van der Waals surface area contributed by atoms with Gasteiger partial charge in [0.05, 0.1) is 18.0 Å². The number of hydrogen-bond donors (Lipinski definition) is 3. The quantitative estimate of drug-likeness (QED) is 0.608. The van der Waals surface area contributed by atoms with Gasteiger partial charge in [0.2, 0.25) is 5.95 Å². The van der Waals surface area contributed by atoms with Gasteiger partial charge in [-0.25, -0.2) is 4.98 Å². The molecule has 3 aromatic rings. The molecule has 0 spiro atoms.